The second-order valence-electron chi connectivity index (χ2n) is 6.54. The van der Waals surface area contributed by atoms with Crippen molar-refractivity contribution in [3.8, 4) is 5.75 Å². The fourth-order valence-corrected chi connectivity index (χ4v) is 3.09. The zero-order valence-electron chi connectivity index (χ0n) is 16.3. The van der Waals surface area contributed by atoms with E-state index >= 15 is 0 Å². The van der Waals surface area contributed by atoms with Gasteiger partial charge in [-0.3, -0.25) is 9.59 Å². The molecule has 0 bridgehead atoms. The zero-order chi connectivity index (χ0) is 20.5. The van der Waals surface area contributed by atoms with E-state index in [2.05, 4.69) is 5.32 Å². The van der Waals surface area contributed by atoms with Crippen LogP contribution >= 0.6 is 0 Å². The molecule has 1 atom stereocenters. The molecule has 0 unspecified atom stereocenters. The lowest BCUT2D eigenvalue weighted by Gasteiger charge is -2.31. The number of rotatable bonds is 8. The summed E-state index contributed by atoms with van der Waals surface area (Å²) in [4.78, 5) is 27.5. The minimum Gasteiger partial charge on any atom is -0.484 e. The van der Waals surface area contributed by atoms with Crippen LogP contribution < -0.4 is 10.1 Å². The third-order valence-corrected chi connectivity index (χ3v) is 4.54. The molecule has 0 radical (unpaired) electrons. The van der Waals surface area contributed by atoms with Gasteiger partial charge in [0.15, 0.2) is 6.61 Å². The van der Waals surface area contributed by atoms with Crippen LogP contribution in [0.2, 0.25) is 0 Å². The molecule has 5 nitrogen and oxygen atoms in total. The third kappa shape index (κ3) is 5.45. The zero-order valence-corrected chi connectivity index (χ0v) is 16.3. The molecular weight excluding hydrogens is 364 g/mol. The summed E-state index contributed by atoms with van der Waals surface area (Å²) in [6.45, 7) is 0.141. The lowest BCUT2D eigenvalue weighted by atomic mass is 10.0. The quantitative estimate of drug-likeness (QED) is 0.642. The molecule has 0 saturated heterocycles. The average Bonchev–Trinajstić information content (AvgIpc) is 2.79. The van der Waals surface area contributed by atoms with Gasteiger partial charge in [-0.25, -0.2) is 0 Å². The molecule has 0 aromatic heterocycles. The van der Waals surface area contributed by atoms with Crippen LogP contribution in [0.4, 0.5) is 0 Å². The number of hydrogen-bond acceptors (Lipinski definition) is 3. The van der Waals surface area contributed by atoms with E-state index in [9.17, 15) is 9.59 Å². The first-order valence-corrected chi connectivity index (χ1v) is 9.47. The number of nitrogens with zero attached hydrogens (tertiary/aromatic N) is 1. The van der Waals surface area contributed by atoms with Crippen molar-refractivity contribution in [1.82, 2.24) is 10.2 Å². The average molecular weight is 388 g/mol. The van der Waals surface area contributed by atoms with Gasteiger partial charge in [-0.1, -0.05) is 78.9 Å². The molecule has 3 aromatic carbocycles. The Morgan fingerprint density at radius 2 is 1.41 bits per heavy atom. The second kappa shape index (κ2) is 10.1. The summed E-state index contributed by atoms with van der Waals surface area (Å²) >= 11 is 0. The number of amides is 2. The molecule has 29 heavy (non-hydrogen) atoms. The van der Waals surface area contributed by atoms with Crippen LogP contribution in [0.3, 0.4) is 0 Å². The van der Waals surface area contributed by atoms with Crippen LogP contribution in [-0.4, -0.2) is 30.4 Å². The van der Waals surface area contributed by atoms with E-state index in [4.69, 9.17) is 4.74 Å². The van der Waals surface area contributed by atoms with Crippen LogP contribution in [0, 0.1) is 0 Å². The number of likely N-dealkylation sites (N-methyl/N-ethyl adjacent to an activating group) is 1. The number of hydrogen-bond donors (Lipinski definition) is 1. The molecule has 0 fully saturated rings. The van der Waals surface area contributed by atoms with Crippen LogP contribution in [0.1, 0.15) is 17.2 Å². The van der Waals surface area contributed by atoms with Crippen LogP contribution in [-0.2, 0) is 16.1 Å². The van der Waals surface area contributed by atoms with Gasteiger partial charge in [-0.15, -0.1) is 0 Å². The van der Waals surface area contributed by atoms with Crippen molar-refractivity contribution in [2.24, 2.45) is 0 Å². The Balaban J connectivity index is 1.89. The first-order chi connectivity index (χ1) is 14.2. The van der Waals surface area contributed by atoms with Crippen molar-refractivity contribution >= 4 is 11.8 Å². The molecule has 5 heteroatoms. The Kier molecular flexibility index (Phi) is 7.00. The van der Waals surface area contributed by atoms with Gasteiger partial charge in [0.05, 0.1) is 0 Å². The summed E-state index contributed by atoms with van der Waals surface area (Å²) in [5.74, 6) is 0.0899. The summed E-state index contributed by atoms with van der Waals surface area (Å²) in [5, 5.41) is 2.68. The van der Waals surface area contributed by atoms with E-state index in [1.54, 1.807) is 24.1 Å². The summed E-state index contributed by atoms with van der Waals surface area (Å²) < 4.78 is 5.66. The first-order valence-electron chi connectivity index (χ1n) is 9.47. The van der Waals surface area contributed by atoms with E-state index < -0.39 is 6.04 Å². The Bertz CT molecular complexity index is 915. The van der Waals surface area contributed by atoms with Gasteiger partial charge in [-0.2, -0.15) is 0 Å². The topological polar surface area (TPSA) is 58.6 Å². The Labute approximate surface area is 170 Å². The molecule has 0 spiro atoms. The normalized spacial score (nSPS) is 11.3. The molecule has 0 aliphatic heterocycles. The van der Waals surface area contributed by atoms with Crippen molar-refractivity contribution < 1.29 is 14.3 Å². The molecule has 2 amide bonds. The van der Waals surface area contributed by atoms with Gasteiger partial charge >= 0.3 is 0 Å². The monoisotopic (exact) mass is 388 g/mol. The summed E-state index contributed by atoms with van der Waals surface area (Å²) in [6.07, 6.45) is 0. The molecule has 148 valence electrons. The number of benzene rings is 3. The number of carbonyl (C=O) groups excluding carboxylic acids is 2. The lowest BCUT2D eigenvalue weighted by Crippen LogP contribution is -2.44. The Hall–Kier alpha value is -3.60. The maximum atomic E-state index is 13.2. The van der Waals surface area contributed by atoms with Crippen molar-refractivity contribution in [2.45, 2.75) is 12.6 Å². The number of ether oxygens (including phenoxy) is 1. The van der Waals surface area contributed by atoms with Gasteiger partial charge in [0, 0.05) is 13.6 Å². The number of carbonyl (C=O) groups is 2. The van der Waals surface area contributed by atoms with Gasteiger partial charge < -0.3 is 15.0 Å². The van der Waals surface area contributed by atoms with Crippen LogP contribution in [0.5, 0.6) is 5.75 Å². The van der Waals surface area contributed by atoms with Crippen LogP contribution in [0.25, 0.3) is 0 Å². The summed E-state index contributed by atoms with van der Waals surface area (Å²) in [6, 6.07) is 27.3. The van der Waals surface area contributed by atoms with Gasteiger partial charge in [0.25, 0.3) is 5.91 Å². The van der Waals surface area contributed by atoms with Crippen molar-refractivity contribution in [3.63, 3.8) is 0 Å². The fraction of sp³-hybridized carbons (Fsp3) is 0.167. The smallest absolute Gasteiger partial charge is 0.261 e. The Morgan fingerprint density at radius 1 is 0.862 bits per heavy atom. The third-order valence-electron chi connectivity index (χ3n) is 4.54. The maximum absolute atomic E-state index is 13.2. The second-order valence-corrected chi connectivity index (χ2v) is 6.54. The van der Waals surface area contributed by atoms with E-state index in [1.807, 2.05) is 78.9 Å². The molecular formula is C24H24N2O3. The van der Waals surface area contributed by atoms with Crippen molar-refractivity contribution in [1.29, 1.82) is 0 Å². The van der Waals surface area contributed by atoms with E-state index in [0.717, 1.165) is 11.1 Å². The van der Waals surface area contributed by atoms with Gasteiger partial charge in [0.1, 0.15) is 11.8 Å². The highest BCUT2D eigenvalue weighted by Crippen LogP contribution is 2.24. The number of nitrogens with one attached hydrogen (secondary N) is 1. The predicted molar refractivity (Wildman–Crippen MR) is 112 cm³/mol. The molecule has 0 aliphatic carbocycles. The first kappa shape index (κ1) is 20.1. The molecule has 0 aliphatic rings. The van der Waals surface area contributed by atoms with E-state index in [-0.39, 0.29) is 18.4 Å². The largest absolute Gasteiger partial charge is 0.484 e. The molecule has 0 saturated carbocycles. The van der Waals surface area contributed by atoms with E-state index in [1.165, 1.54) is 0 Å². The molecule has 3 rings (SSSR count). The minimum absolute atomic E-state index is 0.156. The SMILES string of the molecule is CNC(=O)[C@H](c1ccccc1)N(Cc1ccccc1)C(=O)COc1ccccc1. The standard InChI is InChI=1S/C24H24N2O3/c1-25-24(28)23(20-13-7-3-8-14-20)26(17-19-11-5-2-6-12-19)22(27)18-29-21-15-9-4-10-16-21/h2-16,23H,17-18H2,1H3,(H,25,28)/t23-/m0/s1. The Morgan fingerprint density at radius 3 is 2.00 bits per heavy atom. The van der Waals surface area contributed by atoms with Crippen molar-refractivity contribution in [3.05, 3.63) is 102 Å². The highest BCUT2D eigenvalue weighted by molar-refractivity contribution is 5.89. The van der Waals surface area contributed by atoms with Gasteiger partial charge in [-0.05, 0) is 23.3 Å². The summed E-state index contributed by atoms with van der Waals surface area (Å²) in [5.41, 5.74) is 1.68. The van der Waals surface area contributed by atoms with E-state index in [0.29, 0.717) is 12.3 Å². The minimum atomic E-state index is -0.756. The van der Waals surface area contributed by atoms with Crippen LogP contribution in [0.15, 0.2) is 91.0 Å². The fourth-order valence-electron chi connectivity index (χ4n) is 3.09. The van der Waals surface area contributed by atoms with Crippen molar-refractivity contribution in [2.75, 3.05) is 13.7 Å². The number of para-hydroxylation sites is 1. The van der Waals surface area contributed by atoms with Gasteiger partial charge in [0.2, 0.25) is 5.91 Å². The predicted octanol–water partition coefficient (Wildman–Crippen LogP) is 3.58. The molecule has 3 aromatic rings. The summed E-state index contributed by atoms with van der Waals surface area (Å²) in [7, 11) is 1.57. The highest BCUT2D eigenvalue weighted by atomic mass is 16.5. The lowest BCUT2D eigenvalue weighted by molar-refractivity contribution is -0.143. The highest BCUT2D eigenvalue weighted by Gasteiger charge is 2.31. The molecule has 1 N–H and O–H groups in total. The molecule has 0 heterocycles. The maximum Gasteiger partial charge on any atom is 0.261 e.